The van der Waals surface area contributed by atoms with Gasteiger partial charge in [-0.1, -0.05) is 48.5 Å². The van der Waals surface area contributed by atoms with E-state index in [4.69, 9.17) is 14.5 Å². The Kier molecular flexibility index (Phi) is 8.86. The fourth-order valence-corrected chi connectivity index (χ4v) is 5.57. The molecule has 2 unspecified atom stereocenters. The molecule has 0 bridgehead atoms. The number of nitrogens with zero attached hydrogens (tertiary/aromatic N) is 1. The Labute approximate surface area is 225 Å². The fourth-order valence-electron chi connectivity index (χ4n) is 4.20. The number of allylic oxidation sites excluding steroid dienone is 1. The number of thioether (sulfide) groups is 1. The van der Waals surface area contributed by atoms with E-state index in [0.29, 0.717) is 35.1 Å². The zero-order valence-electron chi connectivity index (χ0n) is 21.2. The highest BCUT2D eigenvalue weighted by atomic mass is 32.2. The highest BCUT2D eigenvalue weighted by Crippen LogP contribution is 2.43. The number of methoxy groups -OCH3 is 2. The highest BCUT2D eigenvalue weighted by molar-refractivity contribution is 8.14. The number of rotatable bonds is 9. The van der Waals surface area contributed by atoms with Gasteiger partial charge in [-0.2, -0.15) is 0 Å². The molecule has 1 saturated heterocycles. The molecule has 1 fully saturated rings. The zero-order valence-corrected chi connectivity index (χ0v) is 22.0. The van der Waals surface area contributed by atoms with Crippen LogP contribution in [0.5, 0.6) is 23.0 Å². The van der Waals surface area contributed by atoms with Crippen molar-refractivity contribution in [3.63, 3.8) is 0 Å². The van der Waals surface area contributed by atoms with Crippen molar-refractivity contribution < 1.29 is 29.3 Å². The lowest BCUT2D eigenvalue weighted by Crippen LogP contribution is -2.34. The molecule has 3 aromatic carbocycles. The van der Waals surface area contributed by atoms with Gasteiger partial charge in [-0.15, -0.1) is 11.8 Å². The van der Waals surface area contributed by atoms with Crippen LogP contribution in [0, 0.1) is 5.92 Å². The topological polar surface area (TPSA) is 105 Å². The lowest BCUT2D eigenvalue weighted by atomic mass is 9.93. The summed E-state index contributed by atoms with van der Waals surface area (Å²) in [6, 6.07) is 19.7. The van der Waals surface area contributed by atoms with Crippen molar-refractivity contribution in [2.45, 2.75) is 18.1 Å². The quantitative estimate of drug-likeness (QED) is 0.281. The molecule has 8 heteroatoms. The summed E-state index contributed by atoms with van der Waals surface area (Å²) in [5.41, 5.74) is 2.58. The maximum absolute atomic E-state index is 13.4. The number of hydrogen-bond acceptors (Lipinski definition) is 8. The van der Waals surface area contributed by atoms with Crippen molar-refractivity contribution in [1.82, 2.24) is 0 Å². The highest BCUT2D eigenvalue weighted by Gasteiger charge is 2.39. The van der Waals surface area contributed by atoms with Crippen molar-refractivity contribution in [3.8, 4) is 23.0 Å². The lowest BCUT2D eigenvalue weighted by Gasteiger charge is -2.28. The van der Waals surface area contributed by atoms with E-state index in [1.54, 1.807) is 30.3 Å². The van der Waals surface area contributed by atoms with Gasteiger partial charge in [-0.3, -0.25) is 14.6 Å². The Balaban J connectivity index is 1.59. The molecule has 2 atom stereocenters. The largest absolute Gasteiger partial charge is 0.504 e. The van der Waals surface area contributed by atoms with Crippen LogP contribution < -0.4 is 9.47 Å². The lowest BCUT2D eigenvalue weighted by molar-refractivity contribution is -0.127. The van der Waals surface area contributed by atoms with E-state index in [-0.39, 0.29) is 34.7 Å². The number of aromatic hydroxyl groups is 2. The number of phenolic OH excluding ortho intramolecular Hbond substituents is 2. The van der Waals surface area contributed by atoms with Crippen LogP contribution in [-0.2, 0) is 16.0 Å². The minimum atomic E-state index is -0.985. The molecule has 0 amide bonds. The van der Waals surface area contributed by atoms with Gasteiger partial charge in [0.05, 0.1) is 19.3 Å². The molecule has 1 heterocycles. The van der Waals surface area contributed by atoms with E-state index in [2.05, 4.69) is 0 Å². The molecule has 0 aromatic heterocycles. The first kappa shape index (κ1) is 27.0. The monoisotopic (exact) mass is 531 g/mol. The smallest absolute Gasteiger partial charge is 0.172 e. The van der Waals surface area contributed by atoms with Crippen LogP contribution in [0.1, 0.15) is 28.4 Å². The molecule has 38 heavy (non-hydrogen) atoms. The van der Waals surface area contributed by atoms with Crippen LogP contribution in [0.25, 0.3) is 6.08 Å². The van der Waals surface area contributed by atoms with Gasteiger partial charge in [0.1, 0.15) is 5.92 Å². The second-order valence-electron chi connectivity index (χ2n) is 8.76. The molecule has 3 aromatic rings. The van der Waals surface area contributed by atoms with Gasteiger partial charge < -0.3 is 19.7 Å². The van der Waals surface area contributed by atoms with E-state index >= 15 is 0 Å². The summed E-state index contributed by atoms with van der Waals surface area (Å²) in [4.78, 5) is 31.4. The second-order valence-corrected chi connectivity index (χ2v) is 9.99. The van der Waals surface area contributed by atoms with Crippen LogP contribution in [0.4, 0.5) is 0 Å². The molecule has 0 saturated carbocycles. The van der Waals surface area contributed by atoms with Crippen molar-refractivity contribution >= 4 is 34.4 Å². The second kappa shape index (κ2) is 12.5. The van der Waals surface area contributed by atoms with Crippen LogP contribution in [-0.4, -0.2) is 47.6 Å². The van der Waals surface area contributed by atoms with Crippen molar-refractivity contribution in [2.75, 3.05) is 20.8 Å². The van der Waals surface area contributed by atoms with Crippen molar-refractivity contribution in [1.29, 1.82) is 0 Å². The molecular formula is C30H29NO6S. The van der Waals surface area contributed by atoms with Gasteiger partial charge in [0.15, 0.2) is 34.6 Å². The third kappa shape index (κ3) is 6.44. The summed E-state index contributed by atoms with van der Waals surface area (Å²) < 4.78 is 10.4. The van der Waals surface area contributed by atoms with Crippen LogP contribution >= 0.6 is 11.8 Å². The third-order valence-corrected chi connectivity index (χ3v) is 7.56. The predicted molar refractivity (Wildman–Crippen MR) is 149 cm³/mol. The summed E-state index contributed by atoms with van der Waals surface area (Å²) >= 11 is 1.40. The zero-order chi connectivity index (χ0) is 27.1. The van der Waals surface area contributed by atoms with E-state index < -0.39 is 5.92 Å². The van der Waals surface area contributed by atoms with Crippen LogP contribution in [0.2, 0.25) is 0 Å². The maximum Gasteiger partial charge on any atom is 0.172 e. The number of ketones is 2. The van der Waals surface area contributed by atoms with E-state index in [0.717, 1.165) is 11.1 Å². The number of carbonyl (C=O) groups excluding carboxylic acids is 2. The van der Waals surface area contributed by atoms with Gasteiger partial charge in [0, 0.05) is 18.2 Å². The first-order chi connectivity index (χ1) is 18.4. The van der Waals surface area contributed by atoms with Gasteiger partial charge in [-0.05, 0) is 53.5 Å². The van der Waals surface area contributed by atoms with Crippen molar-refractivity contribution in [3.05, 3.63) is 89.5 Å². The standard InChI is InChI=1S/C30H29NO6S/c1-36-26-16-20(8-11-22(26)32)9-12-24(34)29-25(35)18-28(21-10-13-23(33)27(17-21)37-2)38-30(29)31-15-14-19-6-4-3-5-7-19/h3-13,16-17,28-29,32-33H,14-15,18H2,1-2H3/b12-9+,31-30?. The third-order valence-electron chi connectivity index (χ3n) is 6.23. The molecule has 1 aliphatic heterocycles. The molecule has 1 aliphatic rings. The molecule has 4 rings (SSSR count). The first-order valence-electron chi connectivity index (χ1n) is 12.1. The van der Waals surface area contributed by atoms with E-state index in [1.807, 2.05) is 30.3 Å². The normalized spacial score (nSPS) is 18.6. The number of aliphatic imine (C=N–C) groups is 1. The SMILES string of the molecule is COc1cc(/C=C/C(=O)C2C(=O)CC(c3ccc(O)c(OC)c3)SC2=NCCc2ccccc2)ccc1O. The first-order valence-corrected chi connectivity index (χ1v) is 13.0. The predicted octanol–water partition coefficient (Wildman–Crippen LogP) is 5.40. The molecule has 196 valence electrons. The molecule has 0 aliphatic carbocycles. The van der Waals surface area contributed by atoms with Gasteiger partial charge in [-0.25, -0.2) is 0 Å². The number of Topliss-reactive ketones (excluding diaryl/α,β-unsaturated/α-hetero) is 1. The minimum absolute atomic E-state index is 0.000395. The van der Waals surface area contributed by atoms with Crippen LogP contribution in [0.3, 0.4) is 0 Å². The van der Waals surface area contributed by atoms with Gasteiger partial charge in [0.25, 0.3) is 0 Å². The number of benzene rings is 3. The Morgan fingerprint density at radius 2 is 1.68 bits per heavy atom. The number of ether oxygens (including phenoxy) is 2. The minimum Gasteiger partial charge on any atom is -0.504 e. The summed E-state index contributed by atoms with van der Waals surface area (Å²) in [5.74, 6) is -0.917. The fraction of sp³-hybridized carbons (Fsp3) is 0.233. The number of carbonyl (C=O) groups is 2. The van der Waals surface area contributed by atoms with Gasteiger partial charge >= 0.3 is 0 Å². The molecule has 2 N–H and O–H groups in total. The Hall–Kier alpha value is -4.04. The number of phenols is 2. The summed E-state index contributed by atoms with van der Waals surface area (Å²) in [6.45, 7) is 0.438. The molecule has 7 nitrogen and oxygen atoms in total. The molecule has 0 spiro atoms. The van der Waals surface area contributed by atoms with Crippen LogP contribution in [0.15, 0.2) is 77.8 Å². The summed E-state index contributed by atoms with van der Waals surface area (Å²) in [6.07, 6.45) is 3.81. The average molecular weight is 532 g/mol. The van der Waals surface area contributed by atoms with Gasteiger partial charge in [0.2, 0.25) is 0 Å². The summed E-state index contributed by atoms with van der Waals surface area (Å²) in [5, 5.41) is 20.0. The Morgan fingerprint density at radius 3 is 2.39 bits per heavy atom. The maximum atomic E-state index is 13.4. The number of hydrogen-bond donors (Lipinski definition) is 2. The summed E-state index contributed by atoms with van der Waals surface area (Å²) in [7, 11) is 2.92. The van der Waals surface area contributed by atoms with Crippen molar-refractivity contribution in [2.24, 2.45) is 10.9 Å². The Bertz CT molecular complexity index is 1370. The molecular weight excluding hydrogens is 502 g/mol. The average Bonchev–Trinajstić information content (AvgIpc) is 2.93. The van der Waals surface area contributed by atoms with E-state index in [9.17, 15) is 19.8 Å². The Morgan fingerprint density at radius 1 is 1.00 bits per heavy atom. The molecule has 0 radical (unpaired) electrons. The van der Waals surface area contributed by atoms with E-state index in [1.165, 1.54) is 44.2 Å².